The number of hydrogen-bond donors (Lipinski definition) is 4. The lowest BCUT2D eigenvalue weighted by Crippen LogP contribution is -2.34. The number of halogens is 1. The van der Waals surface area contributed by atoms with Gasteiger partial charge in [0.1, 0.15) is 5.02 Å². The van der Waals surface area contributed by atoms with E-state index in [1.807, 2.05) is 19.9 Å². The Kier molecular flexibility index (Phi) is 6.75. The number of nitrogens with one attached hydrogen (secondary N) is 3. The smallest absolute Gasteiger partial charge is 0.234 e. The third kappa shape index (κ3) is 5.09. The van der Waals surface area contributed by atoms with Gasteiger partial charge in [0.25, 0.3) is 0 Å². The van der Waals surface area contributed by atoms with Gasteiger partial charge in [-0.3, -0.25) is 9.65 Å². The van der Waals surface area contributed by atoms with Crippen LogP contribution in [0.5, 0.6) is 0 Å². The molecule has 3 heterocycles. The summed E-state index contributed by atoms with van der Waals surface area (Å²) in [5.41, 5.74) is 5.38. The van der Waals surface area contributed by atoms with Crippen LogP contribution in [0.3, 0.4) is 0 Å². The van der Waals surface area contributed by atoms with Gasteiger partial charge in [0.2, 0.25) is 17.2 Å². The molecule has 4 rings (SSSR count). The van der Waals surface area contributed by atoms with Crippen molar-refractivity contribution in [2.45, 2.75) is 39.5 Å². The van der Waals surface area contributed by atoms with Crippen molar-refractivity contribution in [3.05, 3.63) is 51.8 Å². The third-order valence-corrected chi connectivity index (χ3v) is 6.75. The maximum atomic E-state index is 11.3. The lowest BCUT2D eigenvalue weighted by atomic mass is 9.86. The quantitative estimate of drug-likeness (QED) is 0.385. The maximum absolute atomic E-state index is 11.3. The van der Waals surface area contributed by atoms with Crippen molar-refractivity contribution >= 4 is 46.1 Å². The highest BCUT2D eigenvalue weighted by Crippen LogP contribution is 2.34. The zero-order chi connectivity index (χ0) is 22.8. The summed E-state index contributed by atoms with van der Waals surface area (Å²) in [6.07, 6.45) is 3.27. The van der Waals surface area contributed by atoms with Crippen LogP contribution in [0.25, 0.3) is 0 Å². The van der Waals surface area contributed by atoms with Gasteiger partial charge in [0.05, 0.1) is 6.20 Å². The van der Waals surface area contributed by atoms with E-state index < -0.39 is 11.3 Å². The van der Waals surface area contributed by atoms with E-state index in [-0.39, 0.29) is 0 Å². The minimum atomic E-state index is -1.89. The Labute approximate surface area is 194 Å². The summed E-state index contributed by atoms with van der Waals surface area (Å²) in [5, 5.41) is 13.8. The topological polar surface area (TPSA) is 119 Å². The van der Waals surface area contributed by atoms with Crippen molar-refractivity contribution in [3.63, 3.8) is 0 Å². The van der Waals surface area contributed by atoms with Crippen LogP contribution in [0, 0.1) is 20.8 Å². The predicted octanol–water partition coefficient (Wildman–Crippen LogP) is 4.58. The van der Waals surface area contributed by atoms with Crippen LogP contribution in [0.1, 0.15) is 41.1 Å². The summed E-state index contributed by atoms with van der Waals surface area (Å²) >= 11 is 4.37. The molecule has 0 aliphatic carbocycles. The molecule has 11 heteroatoms. The van der Waals surface area contributed by atoms with Crippen molar-refractivity contribution in [2.24, 2.45) is 0 Å². The zero-order valence-electron chi connectivity index (χ0n) is 18.1. The van der Waals surface area contributed by atoms with E-state index in [1.54, 1.807) is 10.5 Å². The molecule has 0 bridgehead atoms. The average molecular weight is 476 g/mol. The second-order valence-electron chi connectivity index (χ2n) is 8.03. The number of aromatic amines is 1. The summed E-state index contributed by atoms with van der Waals surface area (Å²) in [7, 11) is 0. The lowest BCUT2D eigenvalue weighted by Gasteiger charge is -2.30. The van der Waals surface area contributed by atoms with E-state index in [9.17, 15) is 8.76 Å². The van der Waals surface area contributed by atoms with Crippen molar-refractivity contribution in [3.8, 4) is 0 Å². The molecule has 0 saturated carbocycles. The Bertz CT molecular complexity index is 1150. The molecule has 1 unspecified atom stereocenters. The van der Waals surface area contributed by atoms with Gasteiger partial charge in [-0.1, -0.05) is 17.7 Å². The van der Waals surface area contributed by atoms with Gasteiger partial charge in [0, 0.05) is 30.5 Å². The van der Waals surface area contributed by atoms with E-state index in [0.29, 0.717) is 41.6 Å². The maximum Gasteiger partial charge on any atom is 0.234 e. The summed E-state index contributed by atoms with van der Waals surface area (Å²) in [6.45, 7) is 7.29. The third-order valence-electron chi connectivity index (χ3n) is 5.67. The number of anilines is 4. The normalized spacial score (nSPS) is 16.2. The largest absolute Gasteiger partial charge is 0.324 e. The molecular formula is C21H26ClN7O2S. The Morgan fingerprint density at radius 1 is 1.16 bits per heavy atom. The highest BCUT2D eigenvalue weighted by atomic mass is 35.5. The van der Waals surface area contributed by atoms with Gasteiger partial charge < -0.3 is 10.6 Å². The number of nitrogens with zero attached hydrogens (tertiary/aromatic N) is 4. The molecule has 9 nitrogen and oxygen atoms in total. The highest BCUT2D eigenvalue weighted by molar-refractivity contribution is 7.76. The lowest BCUT2D eigenvalue weighted by molar-refractivity contribution is 0.313. The Morgan fingerprint density at radius 3 is 2.56 bits per heavy atom. The summed E-state index contributed by atoms with van der Waals surface area (Å²) in [4.78, 5) is 8.81. The van der Waals surface area contributed by atoms with E-state index in [1.165, 1.54) is 11.1 Å². The first-order chi connectivity index (χ1) is 15.3. The van der Waals surface area contributed by atoms with E-state index >= 15 is 0 Å². The molecule has 3 aromatic rings. The Balaban J connectivity index is 1.51. The number of piperidine rings is 1. The molecule has 1 saturated heterocycles. The van der Waals surface area contributed by atoms with Crippen molar-refractivity contribution in [1.29, 1.82) is 0 Å². The summed E-state index contributed by atoms with van der Waals surface area (Å²) in [6, 6.07) is 6.15. The zero-order valence-corrected chi connectivity index (χ0v) is 19.7. The highest BCUT2D eigenvalue weighted by Gasteiger charge is 2.25. The fraction of sp³-hybridized carbons (Fsp3) is 0.381. The van der Waals surface area contributed by atoms with Gasteiger partial charge >= 0.3 is 0 Å². The standard InChI is InChI=1S/C21H26ClN7O2S/c1-12-9-18(13(2)8-16(12)15-4-6-29(7-5-15)32(30)31)24-21-23-11-17(22)20(26-21)25-19-10-14(3)27-28-19/h8-11,15H,4-7H2,1-3H3,(H,30,31)(H3,23,24,25,26,27,28). The fourth-order valence-electron chi connectivity index (χ4n) is 3.97. The van der Waals surface area contributed by atoms with Gasteiger partial charge in [-0.25, -0.2) is 13.5 Å². The van der Waals surface area contributed by atoms with E-state index in [2.05, 4.69) is 49.9 Å². The molecule has 0 spiro atoms. The first kappa shape index (κ1) is 22.7. The number of aromatic nitrogens is 4. The SMILES string of the molecule is Cc1cc(Nc2nc(Nc3cc(C)c(C4CCN(S(=O)O)CC4)cc3C)ncc2Cl)n[nH]1. The average Bonchev–Trinajstić information content (AvgIpc) is 3.17. The van der Waals surface area contributed by atoms with Gasteiger partial charge in [0.15, 0.2) is 11.6 Å². The van der Waals surface area contributed by atoms with Crippen molar-refractivity contribution in [1.82, 2.24) is 24.5 Å². The summed E-state index contributed by atoms with van der Waals surface area (Å²) in [5.74, 6) is 1.90. The fourth-order valence-corrected chi connectivity index (χ4v) is 4.64. The second kappa shape index (κ2) is 9.53. The van der Waals surface area contributed by atoms with Crippen molar-refractivity contribution in [2.75, 3.05) is 23.7 Å². The Hall–Kier alpha value is -2.53. The first-order valence-corrected chi connectivity index (χ1v) is 11.8. The second-order valence-corrected chi connectivity index (χ2v) is 9.42. The molecule has 170 valence electrons. The van der Waals surface area contributed by atoms with Gasteiger partial charge in [-0.05, 0) is 62.3 Å². The number of aryl methyl sites for hydroxylation is 3. The van der Waals surface area contributed by atoms with E-state index in [4.69, 9.17) is 11.6 Å². The van der Waals surface area contributed by atoms with Crippen molar-refractivity contribution < 1.29 is 8.76 Å². The minimum Gasteiger partial charge on any atom is -0.324 e. The van der Waals surface area contributed by atoms with Gasteiger partial charge in [-0.2, -0.15) is 10.1 Å². The number of hydrogen-bond acceptors (Lipinski definition) is 6. The van der Waals surface area contributed by atoms with Crippen LogP contribution in [-0.4, -0.2) is 46.3 Å². The molecule has 0 amide bonds. The molecule has 32 heavy (non-hydrogen) atoms. The van der Waals surface area contributed by atoms with Crippen LogP contribution in [-0.2, 0) is 11.3 Å². The molecule has 2 aromatic heterocycles. The van der Waals surface area contributed by atoms with Gasteiger partial charge in [-0.15, -0.1) is 0 Å². The molecule has 0 radical (unpaired) electrons. The monoisotopic (exact) mass is 475 g/mol. The van der Waals surface area contributed by atoms with Crippen LogP contribution in [0.15, 0.2) is 24.4 Å². The van der Waals surface area contributed by atoms with Crippen LogP contribution in [0.2, 0.25) is 5.02 Å². The number of benzene rings is 1. The van der Waals surface area contributed by atoms with Crippen LogP contribution >= 0.6 is 11.6 Å². The predicted molar refractivity (Wildman–Crippen MR) is 127 cm³/mol. The first-order valence-electron chi connectivity index (χ1n) is 10.4. The number of rotatable bonds is 6. The Morgan fingerprint density at radius 2 is 1.91 bits per heavy atom. The molecule has 1 aliphatic rings. The number of H-pyrrole nitrogens is 1. The minimum absolute atomic E-state index is 0.377. The molecular weight excluding hydrogens is 450 g/mol. The van der Waals surface area contributed by atoms with Crippen LogP contribution in [0.4, 0.5) is 23.3 Å². The molecule has 1 atom stereocenters. The van der Waals surface area contributed by atoms with Crippen LogP contribution < -0.4 is 10.6 Å². The van der Waals surface area contributed by atoms with E-state index in [0.717, 1.165) is 29.8 Å². The molecule has 1 aliphatic heterocycles. The molecule has 1 fully saturated rings. The molecule has 4 N–H and O–H groups in total. The summed E-state index contributed by atoms with van der Waals surface area (Å²) < 4.78 is 22.2. The molecule has 1 aromatic carbocycles.